The second-order valence-corrected chi connectivity index (χ2v) is 6.05. The zero-order chi connectivity index (χ0) is 17.2. The summed E-state index contributed by atoms with van der Waals surface area (Å²) < 4.78 is 0. The van der Waals surface area contributed by atoms with Crippen molar-refractivity contribution >= 4 is 34.0 Å². The number of fused-ring (bicyclic) bond motifs is 1. The normalized spacial score (nSPS) is 10.8. The lowest BCUT2D eigenvalue weighted by Gasteiger charge is -2.10. The molecule has 0 saturated carbocycles. The molecule has 0 fully saturated rings. The summed E-state index contributed by atoms with van der Waals surface area (Å²) >= 11 is 5.94. The molecule has 0 aliphatic heterocycles. The lowest BCUT2D eigenvalue weighted by Crippen LogP contribution is -2.09. The molecule has 0 aliphatic rings. The van der Waals surface area contributed by atoms with Crippen molar-refractivity contribution in [3.05, 3.63) is 88.3 Å². The van der Waals surface area contributed by atoms with Crippen molar-refractivity contribution in [2.45, 2.75) is 0 Å². The largest absolute Gasteiger partial charge is 0.360 e. The molecule has 4 nitrogen and oxygen atoms in total. The van der Waals surface area contributed by atoms with E-state index >= 15 is 0 Å². The minimum atomic E-state index is -0.0809. The van der Waals surface area contributed by atoms with Crippen LogP contribution >= 0.6 is 11.6 Å². The summed E-state index contributed by atoms with van der Waals surface area (Å²) in [4.78, 5) is 20.6. The van der Waals surface area contributed by atoms with E-state index in [1.807, 2.05) is 42.5 Å². The van der Waals surface area contributed by atoms with E-state index in [1.165, 1.54) is 0 Å². The van der Waals surface area contributed by atoms with Crippen LogP contribution in [0.4, 0.5) is 11.5 Å². The maximum Gasteiger partial charge on any atom is 0.200 e. The summed E-state index contributed by atoms with van der Waals surface area (Å²) in [6.07, 6.45) is 3.39. The zero-order valence-electron chi connectivity index (χ0n) is 13.2. The Hall–Kier alpha value is -3.11. The predicted octanol–water partition coefficient (Wildman–Crippen LogP) is 4.99. The number of benzene rings is 2. The van der Waals surface area contributed by atoms with Gasteiger partial charge in [0.1, 0.15) is 5.82 Å². The molecule has 2 aromatic heterocycles. The van der Waals surface area contributed by atoms with Crippen LogP contribution in [0, 0.1) is 0 Å². The van der Waals surface area contributed by atoms with Crippen molar-refractivity contribution < 1.29 is 0 Å². The minimum Gasteiger partial charge on any atom is -0.360 e. The van der Waals surface area contributed by atoms with E-state index in [2.05, 4.69) is 15.3 Å². The third-order valence-electron chi connectivity index (χ3n) is 3.99. The van der Waals surface area contributed by atoms with Crippen LogP contribution in [0.1, 0.15) is 0 Å². The summed E-state index contributed by atoms with van der Waals surface area (Å²) in [5.74, 6) is 0.528. The second kappa shape index (κ2) is 6.42. The van der Waals surface area contributed by atoms with Crippen molar-refractivity contribution in [2.75, 3.05) is 5.32 Å². The van der Waals surface area contributed by atoms with E-state index in [0.29, 0.717) is 21.8 Å². The molecule has 122 valence electrons. The highest BCUT2D eigenvalue weighted by Crippen LogP contribution is 2.24. The van der Waals surface area contributed by atoms with Gasteiger partial charge in [-0.1, -0.05) is 41.9 Å². The summed E-state index contributed by atoms with van der Waals surface area (Å²) in [6.45, 7) is 0. The highest BCUT2D eigenvalue weighted by molar-refractivity contribution is 6.30. The number of halogens is 1. The van der Waals surface area contributed by atoms with Gasteiger partial charge in [0.05, 0.1) is 10.9 Å². The third-order valence-corrected chi connectivity index (χ3v) is 4.24. The maximum absolute atomic E-state index is 13.1. The second-order valence-electron chi connectivity index (χ2n) is 5.61. The molecule has 0 bridgehead atoms. The van der Waals surface area contributed by atoms with Crippen LogP contribution in [0.2, 0.25) is 5.02 Å². The van der Waals surface area contributed by atoms with Crippen molar-refractivity contribution in [2.24, 2.45) is 0 Å². The number of nitrogens with zero attached hydrogens (tertiary/aromatic N) is 1. The van der Waals surface area contributed by atoms with Crippen molar-refractivity contribution in [1.82, 2.24) is 9.97 Å². The quantitative estimate of drug-likeness (QED) is 0.549. The molecule has 2 N–H and O–H groups in total. The molecule has 0 atom stereocenters. The highest BCUT2D eigenvalue weighted by atomic mass is 35.5. The van der Waals surface area contributed by atoms with Gasteiger partial charge in [0.2, 0.25) is 5.43 Å². The SMILES string of the molecule is O=c1c(-c2ccc(Cl)cc2)c[nH]c2ccnc(Nc3ccccc3)c12. The minimum absolute atomic E-state index is 0.0809. The van der Waals surface area contributed by atoms with Crippen LogP contribution in [-0.2, 0) is 0 Å². The number of nitrogens with one attached hydrogen (secondary N) is 2. The van der Waals surface area contributed by atoms with E-state index in [1.54, 1.807) is 30.6 Å². The topological polar surface area (TPSA) is 57.8 Å². The van der Waals surface area contributed by atoms with Gasteiger partial charge in [0.25, 0.3) is 0 Å². The number of H-pyrrole nitrogens is 1. The van der Waals surface area contributed by atoms with E-state index in [0.717, 1.165) is 16.8 Å². The molecular weight excluding hydrogens is 334 g/mol. The van der Waals surface area contributed by atoms with Crippen LogP contribution in [0.3, 0.4) is 0 Å². The summed E-state index contributed by atoms with van der Waals surface area (Å²) in [7, 11) is 0. The summed E-state index contributed by atoms with van der Waals surface area (Å²) in [5, 5.41) is 4.38. The maximum atomic E-state index is 13.1. The molecule has 2 heterocycles. The fourth-order valence-corrected chi connectivity index (χ4v) is 2.88. The molecule has 0 amide bonds. The number of hydrogen-bond donors (Lipinski definition) is 2. The molecule has 0 unspecified atom stereocenters. The van der Waals surface area contributed by atoms with E-state index in [4.69, 9.17) is 11.6 Å². The van der Waals surface area contributed by atoms with Crippen LogP contribution in [-0.4, -0.2) is 9.97 Å². The molecule has 4 rings (SSSR count). The Labute approximate surface area is 149 Å². The van der Waals surface area contributed by atoms with Crippen molar-refractivity contribution in [3.63, 3.8) is 0 Å². The summed E-state index contributed by atoms with van der Waals surface area (Å²) in [6, 6.07) is 18.6. The number of hydrogen-bond acceptors (Lipinski definition) is 3. The Bertz CT molecular complexity index is 1090. The Balaban J connectivity index is 1.89. The third kappa shape index (κ3) is 2.99. The highest BCUT2D eigenvalue weighted by Gasteiger charge is 2.12. The van der Waals surface area contributed by atoms with Crippen molar-refractivity contribution in [1.29, 1.82) is 0 Å². The lowest BCUT2D eigenvalue weighted by molar-refractivity contribution is 1.30. The standard InChI is InChI=1S/C20H14ClN3O/c21-14-8-6-13(7-9-14)16-12-23-17-10-11-22-20(18(17)19(16)25)24-15-4-2-1-3-5-15/h1-12H,(H,22,24)(H,23,25). The van der Waals surface area contributed by atoms with Gasteiger partial charge in [0, 0.05) is 28.7 Å². The first-order valence-electron chi connectivity index (χ1n) is 7.81. The number of para-hydroxylation sites is 1. The van der Waals surface area contributed by atoms with E-state index in [-0.39, 0.29) is 5.43 Å². The first-order chi connectivity index (χ1) is 12.2. The fraction of sp³-hybridized carbons (Fsp3) is 0. The molecule has 0 saturated heterocycles. The van der Waals surface area contributed by atoms with Gasteiger partial charge >= 0.3 is 0 Å². The van der Waals surface area contributed by atoms with Crippen LogP contribution in [0.5, 0.6) is 0 Å². The van der Waals surface area contributed by atoms with Gasteiger partial charge in [-0.15, -0.1) is 0 Å². The number of rotatable bonds is 3. The van der Waals surface area contributed by atoms with Gasteiger partial charge in [0.15, 0.2) is 0 Å². The van der Waals surface area contributed by atoms with Gasteiger partial charge in [-0.2, -0.15) is 0 Å². The molecule has 0 spiro atoms. The molecule has 0 aliphatic carbocycles. The first-order valence-corrected chi connectivity index (χ1v) is 8.18. The average Bonchev–Trinajstić information content (AvgIpc) is 2.64. The monoisotopic (exact) mass is 347 g/mol. The van der Waals surface area contributed by atoms with Gasteiger partial charge in [-0.05, 0) is 35.9 Å². The molecule has 2 aromatic carbocycles. The van der Waals surface area contributed by atoms with Gasteiger partial charge in [-0.3, -0.25) is 4.79 Å². The van der Waals surface area contributed by atoms with Crippen LogP contribution in [0.25, 0.3) is 22.0 Å². The molecule has 4 aromatic rings. The Kier molecular flexibility index (Phi) is 3.96. The van der Waals surface area contributed by atoms with Gasteiger partial charge in [-0.25, -0.2) is 4.98 Å². The van der Waals surface area contributed by atoms with Crippen LogP contribution < -0.4 is 10.7 Å². The number of aromatic nitrogens is 2. The zero-order valence-corrected chi connectivity index (χ0v) is 13.9. The fourth-order valence-electron chi connectivity index (χ4n) is 2.76. The summed E-state index contributed by atoms with van der Waals surface area (Å²) in [5.41, 5.74) is 2.91. The van der Waals surface area contributed by atoms with Crippen molar-refractivity contribution in [3.8, 4) is 11.1 Å². The molecule has 25 heavy (non-hydrogen) atoms. The Morgan fingerprint density at radius 1 is 0.960 bits per heavy atom. The molecule has 0 radical (unpaired) electrons. The number of anilines is 2. The first kappa shape index (κ1) is 15.4. The lowest BCUT2D eigenvalue weighted by atomic mass is 10.1. The van der Waals surface area contributed by atoms with E-state index < -0.39 is 0 Å². The average molecular weight is 348 g/mol. The number of pyridine rings is 2. The Morgan fingerprint density at radius 2 is 1.72 bits per heavy atom. The van der Waals surface area contributed by atoms with Crippen LogP contribution in [0.15, 0.2) is 77.9 Å². The smallest absolute Gasteiger partial charge is 0.200 e. The van der Waals surface area contributed by atoms with Gasteiger partial charge < -0.3 is 10.3 Å². The molecular formula is C20H14ClN3O. The molecule has 5 heteroatoms. The predicted molar refractivity (Wildman–Crippen MR) is 103 cm³/mol. The number of aromatic amines is 1. The Morgan fingerprint density at radius 3 is 2.48 bits per heavy atom. The van der Waals surface area contributed by atoms with E-state index in [9.17, 15) is 4.79 Å².